The second-order valence-electron chi connectivity index (χ2n) is 2.52. The van der Waals surface area contributed by atoms with E-state index in [1.807, 2.05) is 0 Å². The summed E-state index contributed by atoms with van der Waals surface area (Å²) < 4.78 is 30.2. The van der Waals surface area contributed by atoms with E-state index in [0.29, 0.717) is 0 Å². The third-order valence-corrected chi connectivity index (χ3v) is 1.57. The van der Waals surface area contributed by atoms with E-state index in [4.69, 9.17) is 0 Å². The van der Waals surface area contributed by atoms with Gasteiger partial charge >= 0.3 is 5.97 Å². The number of hydrogen-bond donors (Lipinski definition) is 0. The summed E-state index contributed by atoms with van der Waals surface area (Å²) >= 11 is 0. The van der Waals surface area contributed by atoms with Crippen LogP contribution in [0.1, 0.15) is 5.56 Å². The SMILES string of the molecule is C=CC(=O)OCc1cccc(F)c1F. The first-order valence-corrected chi connectivity index (χ1v) is 3.87. The Morgan fingerprint density at radius 2 is 2.21 bits per heavy atom. The van der Waals surface area contributed by atoms with Crippen molar-refractivity contribution in [2.75, 3.05) is 0 Å². The Kier molecular flexibility index (Phi) is 3.34. The van der Waals surface area contributed by atoms with Crippen LogP contribution < -0.4 is 0 Å². The molecule has 0 saturated heterocycles. The monoisotopic (exact) mass is 198 g/mol. The Bertz CT molecular complexity index is 361. The molecule has 0 atom stereocenters. The molecule has 0 bridgehead atoms. The third kappa shape index (κ3) is 2.39. The van der Waals surface area contributed by atoms with Crippen molar-refractivity contribution < 1.29 is 18.3 Å². The molecule has 0 fully saturated rings. The second-order valence-corrected chi connectivity index (χ2v) is 2.52. The van der Waals surface area contributed by atoms with Gasteiger partial charge < -0.3 is 4.74 Å². The Morgan fingerprint density at radius 1 is 1.50 bits per heavy atom. The van der Waals surface area contributed by atoms with Crippen molar-refractivity contribution in [2.45, 2.75) is 6.61 Å². The maximum absolute atomic E-state index is 13.0. The molecular weight excluding hydrogens is 190 g/mol. The summed E-state index contributed by atoms with van der Waals surface area (Å²) in [5, 5.41) is 0. The first-order chi connectivity index (χ1) is 6.65. The summed E-state index contributed by atoms with van der Waals surface area (Å²) in [7, 11) is 0. The lowest BCUT2D eigenvalue weighted by atomic mass is 10.2. The van der Waals surface area contributed by atoms with Crippen molar-refractivity contribution in [3.05, 3.63) is 48.1 Å². The van der Waals surface area contributed by atoms with E-state index in [9.17, 15) is 13.6 Å². The van der Waals surface area contributed by atoms with Gasteiger partial charge in [0.25, 0.3) is 0 Å². The van der Waals surface area contributed by atoms with Crippen LogP contribution in [0.25, 0.3) is 0 Å². The molecule has 0 aliphatic rings. The Balaban J connectivity index is 2.72. The minimum Gasteiger partial charge on any atom is -0.458 e. The summed E-state index contributed by atoms with van der Waals surface area (Å²) in [4.78, 5) is 10.6. The molecule has 74 valence electrons. The lowest BCUT2D eigenvalue weighted by Crippen LogP contribution is -2.02. The molecule has 0 amide bonds. The van der Waals surface area contributed by atoms with Crippen LogP contribution in [0.5, 0.6) is 0 Å². The molecule has 0 aromatic heterocycles. The van der Waals surface area contributed by atoms with E-state index < -0.39 is 17.6 Å². The van der Waals surface area contributed by atoms with Crippen LogP contribution in [0, 0.1) is 11.6 Å². The molecule has 0 N–H and O–H groups in total. The molecule has 0 aliphatic heterocycles. The predicted molar refractivity (Wildman–Crippen MR) is 46.4 cm³/mol. The molecule has 1 aromatic carbocycles. The van der Waals surface area contributed by atoms with E-state index in [0.717, 1.165) is 12.1 Å². The van der Waals surface area contributed by atoms with Crippen molar-refractivity contribution >= 4 is 5.97 Å². The highest BCUT2D eigenvalue weighted by molar-refractivity contribution is 5.81. The molecule has 0 radical (unpaired) electrons. The molecule has 0 heterocycles. The number of ether oxygens (including phenoxy) is 1. The minimum absolute atomic E-state index is 0.000185. The minimum atomic E-state index is -0.996. The van der Waals surface area contributed by atoms with Gasteiger partial charge in [-0.3, -0.25) is 0 Å². The quantitative estimate of drug-likeness (QED) is 0.549. The topological polar surface area (TPSA) is 26.3 Å². The molecule has 0 unspecified atom stereocenters. The number of benzene rings is 1. The molecular formula is C10H8F2O2. The van der Waals surface area contributed by atoms with Gasteiger partial charge in [0.15, 0.2) is 11.6 Å². The van der Waals surface area contributed by atoms with Gasteiger partial charge in [0.1, 0.15) is 6.61 Å². The van der Waals surface area contributed by atoms with E-state index in [-0.39, 0.29) is 12.2 Å². The standard InChI is InChI=1S/C10H8F2O2/c1-2-9(13)14-6-7-4-3-5-8(11)10(7)12/h2-5H,1,6H2. The molecule has 1 rings (SSSR count). The largest absolute Gasteiger partial charge is 0.458 e. The Morgan fingerprint density at radius 3 is 2.86 bits per heavy atom. The van der Waals surface area contributed by atoms with Gasteiger partial charge in [-0.05, 0) is 6.07 Å². The first-order valence-electron chi connectivity index (χ1n) is 3.87. The summed E-state index contributed by atoms with van der Waals surface area (Å²) in [5.41, 5.74) is 0.000185. The Labute approximate surface area is 79.8 Å². The maximum atomic E-state index is 13.0. The smallest absolute Gasteiger partial charge is 0.330 e. The summed E-state index contributed by atoms with van der Waals surface area (Å²) in [6, 6.07) is 3.68. The molecule has 0 spiro atoms. The summed E-state index contributed by atoms with van der Waals surface area (Å²) in [6.45, 7) is 2.87. The van der Waals surface area contributed by atoms with E-state index in [2.05, 4.69) is 11.3 Å². The number of rotatable bonds is 3. The fourth-order valence-corrected chi connectivity index (χ4v) is 0.868. The van der Waals surface area contributed by atoms with Crippen LogP contribution in [0.3, 0.4) is 0 Å². The lowest BCUT2D eigenvalue weighted by molar-refractivity contribution is -0.139. The zero-order valence-corrected chi connectivity index (χ0v) is 7.30. The van der Waals surface area contributed by atoms with Gasteiger partial charge in [-0.25, -0.2) is 13.6 Å². The van der Waals surface area contributed by atoms with Gasteiger partial charge in [0.2, 0.25) is 0 Å². The normalized spacial score (nSPS) is 9.57. The molecule has 2 nitrogen and oxygen atoms in total. The maximum Gasteiger partial charge on any atom is 0.330 e. The van der Waals surface area contributed by atoms with Crippen molar-refractivity contribution in [2.24, 2.45) is 0 Å². The van der Waals surface area contributed by atoms with Crippen LogP contribution >= 0.6 is 0 Å². The van der Waals surface area contributed by atoms with E-state index in [1.165, 1.54) is 12.1 Å². The second kappa shape index (κ2) is 4.50. The zero-order valence-electron chi connectivity index (χ0n) is 7.30. The van der Waals surface area contributed by atoms with Gasteiger partial charge in [-0.15, -0.1) is 0 Å². The van der Waals surface area contributed by atoms with Crippen LogP contribution in [0.4, 0.5) is 8.78 Å². The van der Waals surface area contributed by atoms with Crippen molar-refractivity contribution in [3.63, 3.8) is 0 Å². The van der Waals surface area contributed by atoms with Crippen LogP contribution in [-0.2, 0) is 16.1 Å². The van der Waals surface area contributed by atoms with Crippen molar-refractivity contribution in [3.8, 4) is 0 Å². The number of hydrogen-bond acceptors (Lipinski definition) is 2. The Hall–Kier alpha value is -1.71. The highest BCUT2D eigenvalue weighted by atomic mass is 19.2. The molecule has 0 aliphatic carbocycles. The fourth-order valence-electron chi connectivity index (χ4n) is 0.868. The van der Waals surface area contributed by atoms with E-state index in [1.54, 1.807) is 0 Å². The molecule has 0 saturated carbocycles. The van der Waals surface area contributed by atoms with Gasteiger partial charge in [-0.1, -0.05) is 18.7 Å². The van der Waals surface area contributed by atoms with Gasteiger partial charge in [0, 0.05) is 11.6 Å². The van der Waals surface area contributed by atoms with Crippen LogP contribution in [0.2, 0.25) is 0 Å². The zero-order chi connectivity index (χ0) is 10.6. The van der Waals surface area contributed by atoms with Gasteiger partial charge in [-0.2, -0.15) is 0 Å². The average molecular weight is 198 g/mol. The molecule has 1 aromatic rings. The lowest BCUT2D eigenvalue weighted by Gasteiger charge is -2.03. The van der Waals surface area contributed by atoms with Gasteiger partial charge in [0.05, 0.1) is 0 Å². The van der Waals surface area contributed by atoms with E-state index >= 15 is 0 Å². The highest BCUT2D eigenvalue weighted by Crippen LogP contribution is 2.12. The van der Waals surface area contributed by atoms with Crippen LogP contribution in [0.15, 0.2) is 30.9 Å². The number of carbonyl (C=O) groups excluding carboxylic acids is 1. The predicted octanol–water partition coefficient (Wildman–Crippen LogP) is 2.19. The van der Waals surface area contributed by atoms with Crippen LogP contribution in [-0.4, -0.2) is 5.97 Å². The number of esters is 1. The number of carbonyl (C=O) groups is 1. The van der Waals surface area contributed by atoms with Crippen molar-refractivity contribution in [1.82, 2.24) is 0 Å². The molecule has 4 heteroatoms. The highest BCUT2D eigenvalue weighted by Gasteiger charge is 2.08. The average Bonchev–Trinajstić information content (AvgIpc) is 2.20. The molecule has 14 heavy (non-hydrogen) atoms. The van der Waals surface area contributed by atoms with Crippen molar-refractivity contribution in [1.29, 1.82) is 0 Å². The number of halogens is 2. The third-order valence-electron chi connectivity index (χ3n) is 1.57. The summed E-state index contributed by atoms with van der Waals surface area (Å²) in [6.07, 6.45) is 0.956. The fraction of sp³-hybridized carbons (Fsp3) is 0.100. The summed E-state index contributed by atoms with van der Waals surface area (Å²) in [5.74, 6) is -2.63. The first kappa shape index (κ1) is 10.4.